The van der Waals surface area contributed by atoms with Crippen molar-refractivity contribution in [1.29, 1.82) is 5.26 Å². The van der Waals surface area contributed by atoms with Gasteiger partial charge in [0, 0.05) is 12.3 Å². The Labute approximate surface area is 120 Å². The molecule has 2 aromatic rings. The number of halogens is 1. The van der Waals surface area contributed by atoms with Crippen molar-refractivity contribution in [3.05, 3.63) is 53.3 Å². The lowest BCUT2D eigenvalue weighted by molar-refractivity contribution is -0.118. The molecule has 0 aliphatic rings. The molecular weight excluding hydrogens is 278 g/mol. The zero-order chi connectivity index (χ0) is 14.4. The summed E-state index contributed by atoms with van der Waals surface area (Å²) in [5.41, 5.74) is 0.845. The Kier molecular flexibility index (Phi) is 4.53. The van der Waals surface area contributed by atoms with E-state index in [0.717, 1.165) is 0 Å². The Morgan fingerprint density at radius 3 is 2.95 bits per heavy atom. The highest BCUT2D eigenvalue weighted by molar-refractivity contribution is 6.30. The van der Waals surface area contributed by atoms with Crippen LogP contribution >= 0.6 is 11.6 Å². The number of anilines is 1. The lowest BCUT2D eigenvalue weighted by Gasteiger charge is -2.08. The first-order valence-electron chi connectivity index (χ1n) is 5.71. The van der Waals surface area contributed by atoms with E-state index >= 15 is 0 Å². The zero-order valence-electron chi connectivity index (χ0n) is 10.3. The fourth-order valence-corrected chi connectivity index (χ4v) is 1.66. The minimum absolute atomic E-state index is 0.193. The van der Waals surface area contributed by atoms with Crippen LogP contribution in [0.5, 0.6) is 5.75 Å². The molecule has 100 valence electrons. The van der Waals surface area contributed by atoms with Crippen LogP contribution in [0.15, 0.2) is 42.7 Å². The molecule has 5 nitrogen and oxygen atoms in total. The molecule has 0 aliphatic carbocycles. The van der Waals surface area contributed by atoms with E-state index < -0.39 is 0 Å². The van der Waals surface area contributed by atoms with E-state index in [0.29, 0.717) is 22.0 Å². The maximum Gasteiger partial charge on any atom is 0.262 e. The van der Waals surface area contributed by atoms with Gasteiger partial charge in [-0.25, -0.2) is 0 Å². The molecular formula is C14H10ClN3O2. The number of para-hydroxylation sites is 1. The molecule has 1 heterocycles. The SMILES string of the molecule is N#Cc1ccccc1NC(=O)COc1cncc(Cl)c1. The van der Waals surface area contributed by atoms with E-state index in [-0.39, 0.29) is 12.5 Å². The number of amides is 1. The van der Waals surface area contributed by atoms with Crippen LogP contribution < -0.4 is 10.1 Å². The molecule has 0 unspecified atom stereocenters. The van der Waals surface area contributed by atoms with Crippen molar-refractivity contribution < 1.29 is 9.53 Å². The number of benzene rings is 1. The first kappa shape index (κ1) is 13.8. The predicted octanol–water partition coefficient (Wildman–Crippen LogP) is 2.62. The lowest BCUT2D eigenvalue weighted by Crippen LogP contribution is -2.20. The van der Waals surface area contributed by atoms with Crippen molar-refractivity contribution in [1.82, 2.24) is 4.98 Å². The zero-order valence-corrected chi connectivity index (χ0v) is 11.1. The second-order valence-electron chi connectivity index (χ2n) is 3.83. The molecule has 0 atom stereocenters. The maximum absolute atomic E-state index is 11.7. The van der Waals surface area contributed by atoms with E-state index in [4.69, 9.17) is 21.6 Å². The van der Waals surface area contributed by atoms with Gasteiger partial charge in [0.05, 0.1) is 22.5 Å². The van der Waals surface area contributed by atoms with Crippen LogP contribution in [-0.4, -0.2) is 17.5 Å². The number of pyridine rings is 1. The lowest BCUT2D eigenvalue weighted by atomic mass is 10.2. The highest BCUT2D eigenvalue weighted by atomic mass is 35.5. The highest BCUT2D eigenvalue weighted by Crippen LogP contribution is 2.16. The van der Waals surface area contributed by atoms with Gasteiger partial charge in [0.15, 0.2) is 6.61 Å². The highest BCUT2D eigenvalue weighted by Gasteiger charge is 2.07. The number of carbonyl (C=O) groups is 1. The number of ether oxygens (including phenoxy) is 1. The Bertz CT molecular complexity index is 667. The largest absolute Gasteiger partial charge is 0.482 e. The van der Waals surface area contributed by atoms with Crippen LogP contribution in [0.4, 0.5) is 5.69 Å². The number of hydrogen-bond acceptors (Lipinski definition) is 4. The van der Waals surface area contributed by atoms with Gasteiger partial charge < -0.3 is 10.1 Å². The number of hydrogen-bond donors (Lipinski definition) is 1. The van der Waals surface area contributed by atoms with Crippen molar-refractivity contribution in [3.8, 4) is 11.8 Å². The summed E-state index contributed by atoms with van der Waals surface area (Å²) in [7, 11) is 0. The monoisotopic (exact) mass is 287 g/mol. The van der Waals surface area contributed by atoms with E-state index in [2.05, 4.69) is 10.3 Å². The summed E-state index contributed by atoms with van der Waals surface area (Å²) in [5, 5.41) is 11.9. The first-order valence-corrected chi connectivity index (χ1v) is 6.09. The standard InChI is InChI=1S/C14H10ClN3O2/c15-11-5-12(8-17-7-11)20-9-14(19)18-13-4-2-1-3-10(13)6-16/h1-5,7-8H,9H2,(H,18,19). The average molecular weight is 288 g/mol. The second kappa shape index (κ2) is 6.55. The van der Waals surface area contributed by atoms with Gasteiger partial charge in [-0.05, 0) is 12.1 Å². The van der Waals surface area contributed by atoms with Crippen molar-refractivity contribution >= 4 is 23.2 Å². The number of nitrogens with one attached hydrogen (secondary N) is 1. The molecule has 0 radical (unpaired) electrons. The van der Waals surface area contributed by atoms with Crippen LogP contribution in [0.1, 0.15) is 5.56 Å². The molecule has 0 spiro atoms. The topological polar surface area (TPSA) is 75.0 Å². The summed E-state index contributed by atoms with van der Waals surface area (Å²) in [6, 6.07) is 10.3. The minimum Gasteiger partial charge on any atom is -0.482 e. The van der Waals surface area contributed by atoms with Gasteiger partial charge in [-0.2, -0.15) is 5.26 Å². The van der Waals surface area contributed by atoms with Crippen LogP contribution in [0.25, 0.3) is 0 Å². The predicted molar refractivity (Wildman–Crippen MR) is 74.5 cm³/mol. The number of nitrogens with zero attached hydrogens (tertiary/aromatic N) is 2. The molecule has 2 rings (SSSR count). The first-order chi connectivity index (χ1) is 9.69. The number of aromatic nitrogens is 1. The Morgan fingerprint density at radius 1 is 1.40 bits per heavy atom. The third-order valence-electron chi connectivity index (χ3n) is 2.37. The number of nitriles is 1. The summed E-state index contributed by atoms with van der Waals surface area (Å²) in [6.45, 7) is -0.193. The summed E-state index contributed by atoms with van der Waals surface area (Å²) in [6.07, 6.45) is 2.93. The number of rotatable bonds is 4. The maximum atomic E-state index is 11.7. The summed E-state index contributed by atoms with van der Waals surface area (Å²) in [5.74, 6) is 0.0360. The molecule has 0 saturated heterocycles. The molecule has 1 aromatic heterocycles. The van der Waals surface area contributed by atoms with Crippen molar-refractivity contribution in [2.45, 2.75) is 0 Å². The Morgan fingerprint density at radius 2 is 2.20 bits per heavy atom. The van der Waals surface area contributed by atoms with Crippen LogP contribution in [0.3, 0.4) is 0 Å². The minimum atomic E-state index is -0.368. The Balaban J connectivity index is 1.95. The van der Waals surface area contributed by atoms with Gasteiger partial charge in [-0.1, -0.05) is 23.7 Å². The molecule has 20 heavy (non-hydrogen) atoms. The van der Waals surface area contributed by atoms with Gasteiger partial charge in [0.1, 0.15) is 11.8 Å². The third-order valence-corrected chi connectivity index (χ3v) is 2.58. The molecule has 6 heteroatoms. The quantitative estimate of drug-likeness (QED) is 0.938. The molecule has 1 amide bonds. The van der Waals surface area contributed by atoms with E-state index in [9.17, 15) is 4.79 Å². The fraction of sp³-hybridized carbons (Fsp3) is 0.0714. The molecule has 0 fully saturated rings. The van der Waals surface area contributed by atoms with Gasteiger partial charge in [0.2, 0.25) is 0 Å². The van der Waals surface area contributed by atoms with Crippen molar-refractivity contribution in [3.63, 3.8) is 0 Å². The smallest absolute Gasteiger partial charge is 0.262 e. The van der Waals surface area contributed by atoms with Crippen molar-refractivity contribution in [2.75, 3.05) is 11.9 Å². The molecule has 0 bridgehead atoms. The van der Waals surface area contributed by atoms with Gasteiger partial charge in [-0.15, -0.1) is 0 Å². The van der Waals surface area contributed by atoms with Crippen LogP contribution in [-0.2, 0) is 4.79 Å². The van der Waals surface area contributed by atoms with E-state index in [1.165, 1.54) is 12.4 Å². The molecule has 1 N–H and O–H groups in total. The molecule has 0 saturated carbocycles. The fourth-order valence-electron chi connectivity index (χ4n) is 1.50. The third kappa shape index (κ3) is 3.70. The Hall–Kier alpha value is -2.58. The average Bonchev–Trinajstić information content (AvgIpc) is 2.46. The molecule has 0 aliphatic heterocycles. The van der Waals surface area contributed by atoms with Crippen LogP contribution in [0, 0.1) is 11.3 Å². The van der Waals surface area contributed by atoms with Crippen molar-refractivity contribution in [2.24, 2.45) is 0 Å². The van der Waals surface area contributed by atoms with E-state index in [1.54, 1.807) is 30.3 Å². The summed E-state index contributed by atoms with van der Waals surface area (Å²) < 4.78 is 5.25. The van der Waals surface area contributed by atoms with E-state index in [1.807, 2.05) is 6.07 Å². The summed E-state index contributed by atoms with van der Waals surface area (Å²) >= 11 is 5.75. The van der Waals surface area contributed by atoms with Gasteiger partial charge in [0.25, 0.3) is 5.91 Å². The van der Waals surface area contributed by atoms with Gasteiger partial charge in [-0.3, -0.25) is 9.78 Å². The molecule has 1 aromatic carbocycles. The van der Waals surface area contributed by atoms with Gasteiger partial charge >= 0.3 is 0 Å². The second-order valence-corrected chi connectivity index (χ2v) is 4.27. The normalized spacial score (nSPS) is 9.60. The number of carbonyl (C=O) groups excluding carboxylic acids is 1. The van der Waals surface area contributed by atoms with Crippen LogP contribution in [0.2, 0.25) is 5.02 Å². The summed E-state index contributed by atoms with van der Waals surface area (Å²) in [4.78, 5) is 15.6.